The average molecular weight is 346 g/mol. The van der Waals surface area contributed by atoms with E-state index in [0.717, 1.165) is 13.1 Å². The number of aliphatic hydroxyl groups is 1. The number of benzene rings is 1. The number of carbonyl (C=O) groups excluding carboxylic acids is 1. The van der Waals surface area contributed by atoms with E-state index < -0.39 is 6.10 Å². The average Bonchev–Trinajstić information content (AvgIpc) is 2.68. The number of aliphatic hydroxyl groups excluding tert-OH is 1. The lowest BCUT2D eigenvalue weighted by atomic mass is 9.84. The number of β-amino-alcohol motifs (C(OH)–C–C–N with tert-alkyl or cyclic N) is 1. The van der Waals surface area contributed by atoms with Crippen molar-refractivity contribution in [2.45, 2.75) is 44.1 Å². The summed E-state index contributed by atoms with van der Waals surface area (Å²) in [4.78, 5) is 14.4. The molecule has 138 valence electrons. The minimum absolute atomic E-state index is 0.115. The third kappa shape index (κ3) is 5.53. The molecule has 25 heavy (non-hydrogen) atoms. The molecule has 1 atom stereocenters. The standard InChI is InChI=1S/C20H30N2O3/c23-19(15-22-10-12-25-13-11-22)14-21-20(24)18-8-6-17(7-9-18)16-4-2-1-3-5-16/h6-9,16,19,23H,1-5,10-15H2,(H,21,24). The largest absolute Gasteiger partial charge is 0.390 e. The van der Waals surface area contributed by atoms with Gasteiger partial charge in [0, 0.05) is 31.7 Å². The second-order valence-electron chi connectivity index (χ2n) is 7.23. The van der Waals surface area contributed by atoms with Gasteiger partial charge in [-0.25, -0.2) is 0 Å². The summed E-state index contributed by atoms with van der Waals surface area (Å²) in [5, 5.41) is 13.0. The van der Waals surface area contributed by atoms with Crippen LogP contribution >= 0.6 is 0 Å². The summed E-state index contributed by atoms with van der Waals surface area (Å²) < 4.78 is 5.30. The van der Waals surface area contributed by atoms with Crippen LogP contribution in [0.4, 0.5) is 0 Å². The predicted octanol–water partition coefficient (Wildman–Crippen LogP) is 2.16. The number of morpholine rings is 1. The second kappa shape index (κ2) is 9.32. The Morgan fingerprint density at radius 2 is 1.84 bits per heavy atom. The molecule has 1 aliphatic carbocycles. The van der Waals surface area contributed by atoms with Gasteiger partial charge in [0.15, 0.2) is 0 Å². The van der Waals surface area contributed by atoms with Crippen molar-refractivity contribution in [3.63, 3.8) is 0 Å². The van der Waals surface area contributed by atoms with Crippen LogP contribution in [0.1, 0.15) is 53.9 Å². The highest BCUT2D eigenvalue weighted by Gasteiger charge is 2.17. The summed E-state index contributed by atoms with van der Waals surface area (Å²) in [6.45, 7) is 3.96. The van der Waals surface area contributed by atoms with Gasteiger partial charge in [0.05, 0.1) is 19.3 Å². The number of nitrogens with one attached hydrogen (secondary N) is 1. The molecule has 1 heterocycles. The highest BCUT2D eigenvalue weighted by atomic mass is 16.5. The van der Waals surface area contributed by atoms with Crippen molar-refractivity contribution < 1.29 is 14.6 Å². The molecule has 2 fully saturated rings. The van der Waals surface area contributed by atoms with Gasteiger partial charge in [-0.1, -0.05) is 31.4 Å². The number of nitrogens with zero attached hydrogens (tertiary/aromatic N) is 1. The number of hydrogen-bond donors (Lipinski definition) is 2. The van der Waals surface area contributed by atoms with Crippen molar-refractivity contribution in [3.8, 4) is 0 Å². The zero-order valence-electron chi connectivity index (χ0n) is 15.0. The maximum atomic E-state index is 12.3. The van der Waals surface area contributed by atoms with Gasteiger partial charge in [-0.3, -0.25) is 9.69 Å². The molecule has 2 aliphatic rings. The summed E-state index contributed by atoms with van der Waals surface area (Å²) in [5.74, 6) is 0.539. The van der Waals surface area contributed by atoms with E-state index >= 15 is 0 Å². The fraction of sp³-hybridized carbons (Fsp3) is 0.650. The molecule has 0 radical (unpaired) electrons. The highest BCUT2D eigenvalue weighted by molar-refractivity contribution is 5.94. The zero-order valence-corrected chi connectivity index (χ0v) is 15.0. The maximum absolute atomic E-state index is 12.3. The first-order chi connectivity index (χ1) is 12.2. The normalized spacial score (nSPS) is 21.0. The van der Waals surface area contributed by atoms with Crippen LogP contribution in [0.5, 0.6) is 0 Å². The van der Waals surface area contributed by atoms with Gasteiger partial charge >= 0.3 is 0 Å². The van der Waals surface area contributed by atoms with Crippen molar-refractivity contribution in [2.24, 2.45) is 0 Å². The number of ether oxygens (including phenoxy) is 1. The van der Waals surface area contributed by atoms with Crippen molar-refractivity contribution in [1.82, 2.24) is 10.2 Å². The lowest BCUT2D eigenvalue weighted by Gasteiger charge is -2.28. The van der Waals surface area contributed by atoms with Crippen molar-refractivity contribution in [2.75, 3.05) is 39.4 Å². The fourth-order valence-corrected chi connectivity index (χ4v) is 3.80. The molecule has 1 saturated carbocycles. The van der Waals surface area contributed by atoms with Crippen molar-refractivity contribution in [1.29, 1.82) is 0 Å². The van der Waals surface area contributed by atoms with Crippen molar-refractivity contribution >= 4 is 5.91 Å². The van der Waals surface area contributed by atoms with Gasteiger partial charge in [0.25, 0.3) is 5.91 Å². The SMILES string of the molecule is O=C(NCC(O)CN1CCOCC1)c1ccc(C2CCCCC2)cc1. The molecule has 1 aromatic rings. The third-order valence-corrected chi connectivity index (χ3v) is 5.32. The lowest BCUT2D eigenvalue weighted by molar-refractivity contribution is 0.0149. The van der Waals surface area contributed by atoms with Crippen LogP contribution in [0.2, 0.25) is 0 Å². The summed E-state index contributed by atoms with van der Waals surface area (Å²) in [6, 6.07) is 8.01. The van der Waals surface area contributed by atoms with Gasteiger partial charge in [0.1, 0.15) is 0 Å². The number of amides is 1. The van der Waals surface area contributed by atoms with Gasteiger partial charge in [-0.05, 0) is 36.5 Å². The van der Waals surface area contributed by atoms with Crippen LogP contribution < -0.4 is 5.32 Å². The van der Waals surface area contributed by atoms with E-state index in [1.54, 1.807) is 0 Å². The maximum Gasteiger partial charge on any atom is 0.251 e. The molecule has 0 aromatic heterocycles. The first-order valence-electron chi connectivity index (χ1n) is 9.58. The molecule has 1 amide bonds. The molecule has 1 aromatic carbocycles. The topological polar surface area (TPSA) is 61.8 Å². The Hall–Kier alpha value is -1.43. The van der Waals surface area contributed by atoms with Gasteiger partial charge in [-0.2, -0.15) is 0 Å². The summed E-state index contributed by atoms with van der Waals surface area (Å²) in [6.07, 6.45) is 5.95. The molecule has 0 bridgehead atoms. The van der Waals surface area contributed by atoms with E-state index in [2.05, 4.69) is 22.3 Å². The Kier molecular flexibility index (Phi) is 6.84. The molecule has 3 rings (SSSR count). The minimum atomic E-state index is -0.552. The molecular formula is C20H30N2O3. The monoisotopic (exact) mass is 346 g/mol. The van der Waals surface area contributed by atoms with E-state index in [1.165, 1.54) is 37.7 Å². The molecular weight excluding hydrogens is 316 g/mol. The molecule has 1 aliphatic heterocycles. The van der Waals surface area contributed by atoms with E-state index in [4.69, 9.17) is 4.74 Å². The summed E-state index contributed by atoms with van der Waals surface area (Å²) in [5.41, 5.74) is 2.02. The number of hydrogen-bond acceptors (Lipinski definition) is 4. The summed E-state index contributed by atoms with van der Waals surface area (Å²) in [7, 11) is 0. The quantitative estimate of drug-likeness (QED) is 0.829. The Labute approximate surface area is 150 Å². The zero-order chi connectivity index (χ0) is 17.5. The Balaban J connectivity index is 1.44. The van der Waals surface area contributed by atoms with Crippen LogP contribution in [0, 0.1) is 0 Å². The highest BCUT2D eigenvalue weighted by Crippen LogP contribution is 2.32. The van der Waals surface area contributed by atoms with E-state index in [1.807, 2.05) is 12.1 Å². The molecule has 2 N–H and O–H groups in total. The molecule has 0 spiro atoms. The third-order valence-electron chi connectivity index (χ3n) is 5.32. The molecule has 1 saturated heterocycles. The van der Waals surface area contributed by atoms with Crippen LogP contribution in [-0.2, 0) is 4.74 Å². The van der Waals surface area contributed by atoms with E-state index in [9.17, 15) is 9.90 Å². The van der Waals surface area contributed by atoms with E-state index in [-0.39, 0.29) is 12.5 Å². The van der Waals surface area contributed by atoms with Crippen molar-refractivity contribution in [3.05, 3.63) is 35.4 Å². The second-order valence-corrected chi connectivity index (χ2v) is 7.23. The smallest absolute Gasteiger partial charge is 0.251 e. The minimum Gasteiger partial charge on any atom is -0.390 e. The predicted molar refractivity (Wildman–Crippen MR) is 97.9 cm³/mol. The van der Waals surface area contributed by atoms with Crippen LogP contribution in [-0.4, -0.2) is 61.4 Å². The Bertz CT molecular complexity index is 534. The van der Waals surface area contributed by atoms with E-state index in [0.29, 0.717) is 31.2 Å². The van der Waals surface area contributed by atoms with Gasteiger partial charge in [-0.15, -0.1) is 0 Å². The number of rotatable bonds is 6. The lowest BCUT2D eigenvalue weighted by Crippen LogP contribution is -2.44. The van der Waals surface area contributed by atoms with Gasteiger partial charge < -0.3 is 15.2 Å². The number of carbonyl (C=O) groups is 1. The van der Waals surface area contributed by atoms with Gasteiger partial charge in [0.2, 0.25) is 0 Å². The first-order valence-corrected chi connectivity index (χ1v) is 9.58. The van der Waals surface area contributed by atoms with Crippen LogP contribution in [0.15, 0.2) is 24.3 Å². The van der Waals surface area contributed by atoms with Crippen LogP contribution in [0.3, 0.4) is 0 Å². The fourth-order valence-electron chi connectivity index (χ4n) is 3.80. The van der Waals surface area contributed by atoms with Crippen LogP contribution in [0.25, 0.3) is 0 Å². The Morgan fingerprint density at radius 3 is 2.52 bits per heavy atom. The Morgan fingerprint density at radius 1 is 1.16 bits per heavy atom. The molecule has 5 nitrogen and oxygen atoms in total. The molecule has 5 heteroatoms. The first kappa shape index (κ1) is 18.4. The summed E-state index contributed by atoms with van der Waals surface area (Å²) >= 11 is 0. The molecule has 1 unspecified atom stereocenters.